The Bertz CT molecular complexity index is 14.4. The molecule has 11 heteroatoms. The van der Waals surface area contributed by atoms with Gasteiger partial charge in [0.15, 0.2) is 0 Å². The van der Waals surface area contributed by atoms with Gasteiger partial charge in [-0.25, -0.2) is 0 Å². The predicted octanol–water partition coefficient (Wildman–Crippen LogP) is -0.842. The summed E-state index contributed by atoms with van der Waals surface area (Å²) >= 11 is 0. The summed E-state index contributed by atoms with van der Waals surface area (Å²) in [5.74, 6) is 0. The van der Waals surface area contributed by atoms with Gasteiger partial charge >= 0.3 is 103 Å². The molecule has 56 valence electrons. The normalized spacial score (nSPS) is 0. The molecular formula is Hf2O7Sc2. The van der Waals surface area contributed by atoms with Crippen LogP contribution in [-0.2, 0) is 142 Å². The van der Waals surface area contributed by atoms with Crippen molar-refractivity contribution in [2.45, 2.75) is 0 Å². The SMILES string of the molecule is [Hf+4].[Hf+4].[O-2].[O-2].[O-2].[O-2].[O-2].[O-2].[O-2].[Sc+3].[Sc+3]. The van der Waals surface area contributed by atoms with Crippen molar-refractivity contribution in [2.75, 3.05) is 0 Å². The molecule has 0 radical (unpaired) electrons. The van der Waals surface area contributed by atoms with E-state index in [0.29, 0.717) is 0 Å². The second-order valence-electron chi connectivity index (χ2n) is 0. The second-order valence-corrected chi connectivity index (χ2v) is 0. The first kappa shape index (κ1) is 242. The van der Waals surface area contributed by atoms with E-state index in [-0.39, 0.29) is 142 Å². The smallest absolute Gasteiger partial charge is 2.00 e. The first-order valence-corrected chi connectivity index (χ1v) is 0. The van der Waals surface area contributed by atoms with Gasteiger partial charge in [-0.05, 0) is 0 Å². The summed E-state index contributed by atoms with van der Waals surface area (Å²) in [5.41, 5.74) is 0. The Morgan fingerprint density at radius 3 is 0.273 bits per heavy atom. The molecule has 0 amide bonds. The van der Waals surface area contributed by atoms with Crippen LogP contribution in [0.3, 0.4) is 0 Å². The van der Waals surface area contributed by atoms with Crippen LogP contribution in [0.4, 0.5) is 0 Å². The molecule has 0 saturated carbocycles. The zero-order valence-electron chi connectivity index (χ0n) is 5.01. The van der Waals surface area contributed by atoms with Crippen LogP contribution in [-0.4, -0.2) is 0 Å². The van der Waals surface area contributed by atoms with E-state index in [1.54, 1.807) is 0 Å². The molecule has 0 aliphatic rings. The van der Waals surface area contributed by atoms with Crippen LogP contribution in [0.15, 0.2) is 0 Å². The Morgan fingerprint density at radius 2 is 0.273 bits per heavy atom. The maximum absolute atomic E-state index is 0. The van der Waals surface area contributed by atoms with Gasteiger partial charge in [0.2, 0.25) is 0 Å². The second kappa shape index (κ2) is 192. The van der Waals surface area contributed by atoms with Crippen molar-refractivity contribution in [1.29, 1.82) is 0 Å². The zero-order chi connectivity index (χ0) is 0. The van der Waals surface area contributed by atoms with Gasteiger partial charge in [-0.15, -0.1) is 0 Å². The van der Waals surface area contributed by atoms with E-state index < -0.39 is 0 Å². The minimum absolute atomic E-state index is 0. The van der Waals surface area contributed by atoms with Gasteiger partial charge in [0.25, 0.3) is 0 Å². The molecule has 11 heavy (non-hydrogen) atoms. The van der Waals surface area contributed by atoms with E-state index in [2.05, 4.69) is 0 Å². The summed E-state index contributed by atoms with van der Waals surface area (Å²) in [4.78, 5) is 0. The zero-order valence-corrected chi connectivity index (χ0v) is 15.8. The number of hydrogen-bond acceptors (Lipinski definition) is 0. The molecule has 0 atom stereocenters. The van der Waals surface area contributed by atoms with E-state index in [4.69, 9.17) is 0 Å². The average molecular weight is 559 g/mol. The van der Waals surface area contributed by atoms with Crippen molar-refractivity contribution in [3.05, 3.63) is 0 Å². The monoisotopic (exact) mass is 562 g/mol. The van der Waals surface area contributed by atoms with Gasteiger partial charge in [-0.2, -0.15) is 0 Å². The number of rotatable bonds is 0. The van der Waals surface area contributed by atoms with Crippen molar-refractivity contribution in [2.24, 2.45) is 0 Å². The summed E-state index contributed by atoms with van der Waals surface area (Å²) in [6.07, 6.45) is 0. The Balaban J connectivity index is 0. The molecule has 0 saturated heterocycles. The van der Waals surface area contributed by atoms with E-state index in [0.717, 1.165) is 0 Å². The topological polar surface area (TPSA) is 200 Å². The summed E-state index contributed by atoms with van der Waals surface area (Å²) in [5, 5.41) is 0. The molecule has 0 rings (SSSR count). The molecule has 0 bridgehead atoms. The summed E-state index contributed by atoms with van der Waals surface area (Å²) in [6.45, 7) is 0. The van der Waals surface area contributed by atoms with Crippen LogP contribution in [0.2, 0.25) is 0 Å². The van der Waals surface area contributed by atoms with E-state index >= 15 is 0 Å². The Hall–Kier alpha value is 3.20. The third-order valence-corrected chi connectivity index (χ3v) is 0. The molecule has 0 aromatic rings. The third kappa shape index (κ3) is 162. The van der Waals surface area contributed by atoms with Crippen molar-refractivity contribution >= 4 is 0 Å². The van der Waals surface area contributed by atoms with Crippen LogP contribution in [0.5, 0.6) is 0 Å². The molecule has 0 heterocycles. The predicted molar refractivity (Wildman–Crippen MR) is 4.81 cm³/mol. The van der Waals surface area contributed by atoms with Crippen LogP contribution in [0.25, 0.3) is 0 Å². The quantitative estimate of drug-likeness (QED) is 0.334. The van der Waals surface area contributed by atoms with E-state index in [1.165, 1.54) is 0 Å². The van der Waals surface area contributed by atoms with Gasteiger partial charge in [0.05, 0.1) is 0 Å². The molecule has 0 aliphatic heterocycles. The van der Waals surface area contributed by atoms with Crippen molar-refractivity contribution in [3.63, 3.8) is 0 Å². The van der Waals surface area contributed by atoms with Crippen LogP contribution < -0.4 is 0 Å². The van der Waals surface area contributed by atoms with Gasteiger partial charge in [-0.3, -0.25) is 0 Å². The fraction of sp³-hybridized carbons (Fsp3) is 0. The molecule has 0 unspecified atom stereocenters. The van der Waals surface area contributed by atoms with E-state index in [1.807, 2.05) is 0 Å². The molecule has 0 aromatic carbocycles. The summed E-state index contributed by atoms with van der Waals surface area (Å²) < 4.78 is 0. The standard InChI is InChI=1S/2Hf.7O.2Sc/q2*+4;7*-2;2*+3. The Morgan fingerprint density at radius 1 is 0.273 bits per heavy atom. The first-order valence-electron chi connectivity index (χ1n) is 0. The molecular weight excluding hydrogens is 559 g/mol. The molecule has 0 aliphatic carbocycles. The van der Waals surface area contributed by atoms with Gasteiger partial charge in [0, 0.05) is 0 Å². The van der Waals surface area contributed by atoms with E-state index in [9.17, 15) is 0 Å². The summed E-state index contributed by atoms with van der Waals surface area (Å²) in [7, 11) is 0. The Kier molecular flexibility index (Phi) is 4210. The maximum atomic E-state index is 0. The molecule has 0 aromatic heterocycles. The number of hydrogen-bond donors (Lipinski definition) is 0. The van der Waals surface area contributed by atoms with Gasteiger partial charge < -0.3 is 38.3 Å². The average Bonchev–Trinajstić information content (AvgIpc) is 0. The van der Waals surface area contributed by atoms with Crippen LogP contribution in [0.1, 0.15) is 0 Å². The van der Waals surface area contributed by atoms with Crippen molar-refractivity contribution in [3.8, 4) is 0 Å². The Labute approximate surface area is 139 Å². The largest absolute Gasteiger partial charge is 4.00 e. The maximum Gasteiger partial charge on any atom is 4.00 e. The minimum atomic E-state index is 0. The third-order valence-electron chi connectivity index (χ3n) is 0. The fourth-order valence-electron chi connectivity index (χ4n) is 0. The molecule has 0 fully saturated rings. The van der Waals surface area contributed by atoms with Gasteiger partial charge in [0.1, 0.15) is 0 Å². The summed E-state index contributed by atoms with van der Waals surface area (Å²) in [6, 6.07) is 0. The van der Waals surface area contributed by atoms with Crippen LogP contribution in [0, 0.1) is 0 Å². The van der Waals surface area contributed by atoms with Crippen LogP contribution >= 0.6 is 0 Å². The minimum Gasteiger partial charge on any atom is -2.00 e. The van der Waals surface area contributed by atoms with Crippen molar-refractivity contribution in [1.82, 2.24) is 0 Å². The first-order chi connectivity index (χ1) is 0. The van der Waals surface area contributed by atoms with Crippen molar-refractivity contribution < 1.29 is 142 Å². The fourth-order valence-corrected chi connectivity index (χ4v) is 0. The molecule has 7 nitrogen and oxygen atoms in total. The molecule has 0 N–H and O–H groups in total. The van der Waals surface area contributed by atoms with Gasteiger partial charge in [-0.1, -0.05) is 0 Å². The molecule has 0 spiro atoms.